The van der Waals surface area contributed by atoms with Gasteiger partial charge in [0.1, 0.15) is 18.2 Å². The molecule has 0 aliphatic carbocycles. The van der Waals surface area contributed by atoms with E-state index in [1.165, 1.54) is 17.7 Å². The monoisotopic (exact) mass is 412 g/mol. The molecule has 2 heterocycles. The SMILES string of the molecule is COCC(=O)N1CC[C@@H]2[C@H](C1)[C@@H](c1ccc(OC)cc1)CN2Cc1ccc(F)cc1. The van der Waals surface area contributed by atoms with Crippen LogP contribution < -0.4 is 4.74 Å². The Labute approximate surface area is 177 Å². The van der Waals surface area contributed by atoms with Crippen LogP contribution in [0.15, 0.2) is 48.5 Å². The Balaban J connectivity index is 1.57. The van der Waals surface area contributed by atoms with Gasteiger partial charge in [0, 0.05) is 51.2 Å². The summed E-state index contributed by atoms with van der Waals surface area (Å²) in [6, 6.07) is 15.5. The smallest absolute Gasteiger partial charge is 0.248 e. The van der Waals surface area contributed by atoms with Gasteiger partial charge in [-0.1, -0.05) is 24.3 Å². The second-order valence-corrected chi connectivity index (χ2v) is 8.23. The molecule has 0 saturated carbocycles. The fraction of sp³-hybridized carbons (Fsp3) is 0.458. The van der Waals surface area contributed by atoms with Crippen molar-refractivity contribution in [2.24, 2.45) is 5.92 Å². The zero-order valence-electron chi connectivity index (χ0n) is 17.6. The number of hydrogen-bond donors (Lipinski definition) is 0. The van der Waals surface area contributed by atoms with Gasteiger partial charge in [-0.05, 0) is 41.8 Å². The highest BCUT2D eigenvalue weighted by atomic mass is 19.1. The van der Waals surface area contributed by atoms with Gasteiger partial charge in [-0.2, -0.15) is 0 Å². The highest BCUT2D eigenvalue weighted by molar-refractivity contribution is 5.77. The molecule has 0 bridgehead atoms. The number of hydrogen-bond acceptors (Lipinski definition) is 4. The van der Waals surface area contributed by atoms with E-state index in [2.05, 4.69) is 17.0 Å². The standard InChI is InChI=1S/C24H29FN2O3/c1-29-16-24(28)26-12-11-23-22(15-26)21(18-5-9-20(30-2)10-6-18)14-27(23)13-17-3-7-19(25)8-4-17/h3-10,21-23H,11-16H2,1-2H3/t21-,22-,23-/m1/s1. The molecule has 4 rings (SSSR count). The first-order valence-corrected chi connectivity index (χ1v) is 10.5. The topological polar surface area (TPSA) is 42.0 Å². The molecule has 2 aromatic carbocycles. The number of methoxy groups -OCH3 is 2. The summed E-state index contributed by atoms with van der Waals surface area (Å²) in [5.41, 5.74) is 2.39. The van der Waals surface area contributed by atoms with E-state index in [0.29, 0.717) is 17.9 Å². The van der Waals surface area contributed by atoms with E-state index in [9.17, 15) is 9.18 Å². The maximum absolute atomic E-state index is 13.3. The fourth-order valence-electron chi connectivity index (χ4n) is 4.99. The number of halogens is 1. The molecule has 2 aromatic rings. The first-order valence-electron chi connectivity index (χ1n) is 10.5. The largest absolute Gasteiger partial charge is 0.497 e. The van der Waals surface area contributed by atoms with E-state index in [-0.39, 0.29) is 18.3 Å². The van der Waals surface area contributed by atoms with Crippen molar-refractivity contribution in [3.63, 3.8) is 0 Å². The molecule has 30 heavy (non-hydrogen) atoms. The van der Waals surface area contributed by atoms with Crippen LogP contribution >= 0.6 is 0 Å². The zero-order chi connectivity index (χ0) is 21.1. The molecule has 0 radical (unpaired) electrons. The van der Waals surface area contributed by atoms with Gasteiger partial charge in [0.15, 0.2) is 0 Å². The van der Waals surface area contributed by atoms with E-state index in [1.807, 2.05) is 29.2 Å². The molecule has 1 amide bonds. The van der Waals surface area contributed by atoms with E-state index in [4.69, 9.17) is 9.47 Å². The van der Waals surface area contributed by atoms with Crippen molar-refractivity contribution in [3.8, 4) is 5.75 Å². The quantitative estimate of drug-likeness (QED) is 0.730. The summed E-state index contributed by atoms with van der Waals surface area (Å²) in [6.45, 7) is 3.33. The number of ether oxygens (including phenoxy) is 2. The van der Waals surface area contributed by atoms with Gasteiger partial charge in [0.05, 0.1) is 7.11 Å². The van der Waals surface area contributed by atoms with Crippen LogP contribution in [-0.2, 0) is 16.1 Å². The summed E-state index contributed by atoms with van der Waals surface area (Å²) >= 11 is 0. The van der Waals surface area contributed by atoms with Crippen molar-refractivity contribution in [1.82, 2.24) is 9.80 Å². The first-order chi connectivity index (χ1) is 14.6. The number of nitrogens with zero attached hydrogens (tertiary/aromatic N) is 2. The molecule has 0 spiro atoms. The first kappa shape index (κ1) is 20.8. The van der Waals surface area contributed by atoms with Crippen molar-refractivity contribution in [2.75, 3.05) is 40.5 Å². The van der Waals surface area contributed by atoms with Crippen LogP contribution in [0.4, 0.5) is 4.39 Å². The van der Waals surface area contributed by atoms with E-state index < -0.39 is 0 Å². The van der Waals surface area contributed by atoms with Crippen LogP contribution in [0.3, 0.4) is 0 Å². The van der Waals surface area contributed by atoms with E-state index in [0.717, 1.165) is 43.9 Å². The van der Waals surface area contributed by atoms with Crippen molar-refractivity contribution in [1.29, 1.82) is 0 Å². The van der Waals surface area contributed by atoms with Crippen molar-refractivity contribution < 1.29 is 18.7 Å². The van der Waals surface area contributed by atoms with Crippen LogP contribution in [0.1, 0.15) is 23.5 Å². The molecule has 2 fully saturated rings. The maximum atomic E-state index is 13.3. The molecule has 0 aromatic heterocycles. The number of piperidine rings is 1. The molecule has 2 aliphatic rings. The summed E-state index contributed by atoms with van der Waals surface area (Å²) in [5.74, 6) is 1.38. The Hall–Kier alpha value is -2.44. The Morgan fingerprint density at radius 3 is 2.47 bits per heavy atom. The number of likely N-dealkylation sites (tertiary alicyclic amines) is 2. The number of carbonyl (C=O) groups is 1. The maximum Gasteiger partial charge on any atom is 0.248 e. The van der Waals surface area contributed by atoms with Gasteiger partial charge in [-0.15, -0.1) is 0 Å². The normalized spacial score (nSPS) is 24.0. The van der Waals surface area contributed by atoms with Gasteiger partial charge < -0.3 is 14.4 Å². The van der Waals surface area contributed by atoms with E-state index >= 15 is 0 Å². The third-order valence-corrected chi connectivity index (χ3v) is 6.50. The third-order valence-electron chi connectivity index (χ3n) is 6.50. The van der Waals surface area contributed by atoms with Crippen LogP contribution in [-0.4, -0.2) is 62.2 Å². The summed E-state index contributed by atoms with van der Waals surface area (Å²) < 4.78 is 23.7. The molecule has 6 heteroatoms. The minimum absolute atomic E-state index is 0.0569. The van der Waals surface area contributed by atoms with Crippen molar-refractivity contribution in [2.45, 2.75) is 24.9 Å². The summed E-state index contributed by atoms with van der Waals surface area (Å²) in [7, 11) is 3.23. The minimum Gasteiger partial charge on any atom is -0.497 e. The Morgan fingerprint density at radius 1 is 1.07 bits per heavy atom. The van der Waals surface area contributed by atoms with Crippen molar-refractivity contribution >= 4 is 5.91 Å². The van der Waals surface area contributed by atoms with Crippen LogP contribution in [0.25, 0.3) is 0 Å². The number of carbonyl (C=O) groups excluding carboxylic acids is 1. The Morgan fingerprint density at radius 2 is 1.80 bits per heavy atom. The number of amides is 1. The van der Waals surface area contributed by atoms with Gasteiger partial charge in [-0.3, -0.25) is 9.69 Å². The number of rotatable bonds is 6. The number of benzene rings is 2. The second-order valence-electron chi connectivity index (χ2n) is 8.23. The second kappa shape index (κ2) is 9.14. The fourth-order valence-corrected chi connectivity index (χ4v) is 4.99. The molecule has 2 aliphatic heterocycles. The molecule has 3 atom stereocenters. The third kappa shape index (κ3) is 4.35. The minimum atomic E-state index is -0.209. The van der Waals surface area contributed by atoms with Crippen LogP contribution in [0, 0.1) is 11.7 Å². The van der Waals surface area contributed by atoms with Crippen LogP contribution in [0.5, 0.6) is 5.75 Å². The lowest BCUT2D eigenvalue weighted by Crippen LogP contribution is -2.49. The predicted octanol–water partition coefficient (Wildman–Crippen LogP) is 3.30. The lowest BCUT2D eigenvalue weighted by atomic mass is 9.81. The van der Waals surface area contributed by atoms with E-state index in [1.54, 1.807) is 14.2 Å². The highest BCUT2D eigenvalue weighted by Gasteiger charge is 2.45. The molecule has 0 N–H and O–H groups in total. The lowest BCUT2D eigenvalue weighted by Gasteiger charge is -2.39. The van der Waals surface area contributed by atoms with Crippen LogP contribution in [0.2, 0.25) is 0 Å². The molecular formula is C24H29FN2O3. The van der Waals surface area contributed by atoms with Gasteiger partial charge in [-0.25, -0.2) is 4.39 Å². The number of fused-ring (bicyclic) bond motifs is 1. The van der Waals surface area contributed by atoms with Gasteiger partial charge in [0.2, 0.25) is 5.91 Å². The Bertz CT molecular complexity index is 856. The lowest BCUT2D eigenvalue weighted by molar-refractivity contribution is -0.137. The molecule has 5 nitrogen and oxygen atoms in total. The summed E-state index contributed by atoms with van der Waals surface area (Å²) in [4.78, 5) is 16.9. The van der Waals surface area contributed by atoms with Crippen molar-refractivity contribution in [3.05, 3.63) is 65.5 Å². The average molecular weight is 413 g/mol. The Kier molecular flexibility index (Phi) is 6.35. The molecule has 2 saturated heterocycles. The zero-order valence-corrected chi connectivity index (χ0v) is 17.6. The molecular weight excluding hydrogens is 383 g/mol. The highest BCUT2D eigenvalue weighted by Crippen LogP contribution is 2.42. The van der Waals surface area contributed by atoms with Gasteiger partial charge in [0.25, 0.3) is 0 Å². The van der Waals surface area contributed by atoms with Gasteiger partial charge >= 0.3 is 0 Å². The molecule has 0 unspecified atom stereocenters. The molecule has 160 valence electrons. The average Bonchev–Trinajstić information content (AvgIpc) is 3.13. The predicted molar refractivity (Wildman–Crippen MR) is 113 cm³/mol. The summed E-state index contributed by atoms with van der Waals surface area (Å²) in [5, 5.41) is 0. The summed E-state index contributed by atoms with van der Waals surface area (Å²) in [6.07, 6.45) is 0.938.